The molecule has 120 valence electrons. The van der Waals surface area contributed by atoms with Gasteiger partial charge in [0.05, 0.1) is 0 Å². The van der Waals surface area contributed by atoms with Crippen molar-refractivity contribution in [2.45, 2.75) is 13.2 Å². The number of nitrogens with one attached hydrogen (secondary N) is 1. The van der Waals surface area contributed by atoms with E-state index in [1.54, 1.807) is 12.1 Å². The van der Waals surface area contributed by atoms with Crippen LogP contribution in [0.25, 0.3) is 10.8 Å². The predicted molar refractivity (Wildman–Crippen MR) is 94.7 cm³/mol. The maximum Gasteiger partial charge on any atom is 0.124 e. The third-order valence-corrected chi connectivity index (χ3v) is 3.66. The molecule has 3 rings (SSSR count). The minimum atomic E-state index is -0.231. The molecule has 1 N–H and O–H groups in total. The fraction of sp³-hybridized carbons (Fsp3) is 0.158. The molecule has 0 saturated carbocycles. The topological polar surface area (TPSA) is 21.3 Å². The van der Waals surface area contributed by atoms with Gasteiger partial charge in [0.1, 0.15) is 18.2 Å². The summed E-state index contributed by atoms with van der Waals surface area (Å²) in [5, 5.41) is 5.58. The molecule has 4 heteroatoms. The second-order valence-corrected chi connectivity index (χ2v) is 5.21. The number of fused-ring (bicyclic) bond motifs is 1. The van der Waals surface area contributed by atoms with Crippen LogP contribution in [-0.4, -0.2) is 7.05 Å². The minimum absolute atomic E-state index is 0. The van der Waals surface area contributed by atoms with Crippen molar-refractivity contribution >= 4 is 23.2 Å². The lowest BCUT2D eigenvalue weighted by atomic mass is 10.0. The smallest absolute Gasteiger partial charge is 0.124 e. The maximum atomic E-state index is 12.9. The molecule has 0 heterocycles. The van der Waals surface area contributed by atoms with E-state index in [4.69, 9.17) is 4.74 Å². The first kappa shape index (κ1) is 17.3. The summed E-state index contributed by atoms with van der Waals surface area (Å²) in [4.78, 5) is 0. The quantitative estimate of drug-likeness (QED) is 0.731. The van der Waals surface area contributed by atoms with Gasteiger partial charge in [-0.1, -0.05) is 42.5 Å². The molecule has 0 fully saturated rings. The molecule has 0 unspecified atom stereocenters. The standard InChI is InChI=1S/C19H18FNO.ClH/c1-21-12-18-17-5-3-2-4-15(17)8-11-19(18)22-13-14-6-9-16(20)10-7-14;/h2-11,21H,12-13H2,1H3;1H. The number of benzene rings is 3. The van der Waals surface area contributed by atoms with Crippen LogP contribution in [0.4, 0.5) is 4.39 Å². The monoisotopic (exact) mass is 331 g/mol. The molecular formula is C19H19ClFNO. The largest absolute Gasteiger partial charge is 0.489 e. The average molecular weight is 332 g/mol. The lowest BCUT2D eigenvalue weighted by Gasteiger charge is -2.14. The van der Waals surface area contributed by atoms with E-state index >= 15 is 0 Å². The Morgan fingerprint density at radius 1 is 0.957 bits per heavy atom. The fourth-order valence-electron chi connectivity index (χ4n) is 2.55. The molecule has 0 amide bonds. The van der Waals surface area contributed by atoms with Gasteiger partial charge in [-0.25, -0.2) is 4.39 Å². The Morgan fingerprint density at radius 2 is 1.70 bits per heavy atom. The van der Waals surface area contributed by atoms with Crippen LogP contribution in [0.3, 0.4) is 0 Å². The van der Waals surface area contributed by atoms with Crippen LogP contribution in [0.2, 0.25) is 0 Å². The molecule has 0 radical (unpaired) electrons. The number of rotatable bonds is 5. The second-order valence-electron chi connectivity index (χ2n) is 5.21. The van der Waals surface area contributed by atoms with Gasteiger partial charge in [-0.15, -0.1) is 12.4 Å². The minimum Gasteiger partial charge on any atom is -0.489 e. The molecule has 0 aliphatic carbocycles. The summed E-state index contributed by atoms with van der Waals surface area (Å²) in [5.74, 6) is 0.628. The van der Waals surface area contributed by atoms with E-state index in [1.807, 2.05) is 25.2 Å². The molecular weight excluding hydrogens is 313 g/mol. The first-order chi connectivity index (χ1) is 10.8. The first-order valence-electron chi connectivity index (χ1n) is 7.30. The zero-order chi connectivity index (χ0) is 15.4. The molecule has 23 heavy (non-hydrogen) atoms. The number of ether oxygens (including phenoxy) is 1. The Balaban J connectivity index is 0.00000192. The van der Waals surface area contributed by atoms with Gasteiger partial charge in [0.25, 0.3) is 0 Å². The van der Waals surface area contributed by atoms with E-state index in [2.05, 4.69) is 23.5 Å². The Kier molecular flexibility index (Phi) is 5.97. The van der Waals surface area contributed by atoms with Gasteiger partial charge in [-0.2, -0.15) is 0 Å². The molecule has 0 saturated heterocycles. The van der Waals surface area contributed by atoms with Gasteiger partial charge in [-0.3, -0.25) is 0 Å². The molecule has 0 aliphatic rings. The van der Waals surface area contributed by atoms with Gasteiger partial charge >= 0.3 is 0 Å². The van der Waals surface area contributed by atoms with Crippen molar-refractivity contribution in [1.29, 1.82) is 0 Å². The van der Waals surface area contributed by atoms with Crippen molar-refractivity contribution in [2.75, 3.05) is 7.05 Å². The summed E-state index contributed by atoms with van der Waals surface area (Å²) in [6, 6.07) is 18.7. The summed E-state index contributed by atoms with van der Waals surface area (Å²) < 4.78 is 18.9. The Morgan fingerprint density at radius 3 is 2.43 bits per heavy atom. The highest BCUT2D eigenvalue weighted by Crippen LogP contribution is 2.28. The van der Waals surface area contributed by atoms with Gasteiger partial charge in [0.2, 0.25) is 0 Å². The fourth-order valence-corrected chi connectivity index (χ4v) is 2.55. The molecule has 2 nitrogen and oxygen atoms in total. The highest BCUT2D eigenvalue weighted by molar-refractivity contribution is 5.87. The van der Waals surface area contributed by atoms with Crippen molar-refractivity contribution in [3.05, 3.63) is 77.6 Å². The van der Waals surface area contributed by atoms with Gasteiger partial charge in [0.15, 0.2) is 0 Å². The van der Waals surface area contributed by atoms with Crippen molar-refractivity contribution in [1.82, 2.24) is 5.32 Å². The zero-order valence-electron chi connectivity index (χ0n) is 12.9. The number of hydrogen-bond donors (Lipinski definition) is 1. The lowest BCUT2D eigenvalue weighted by Crippen LogP contribution is -2.08. The van der Waals surface area contributed by atoms with Crippen molar-refractivity contribution < 1.29 is 9.13 Å². The van der Waals surface area contributed by atoms with E-state index in [0.29, 0.717) is 6.61 Å². The van der Waals surface area contributed by atoms with Crippen LogP contribution in [0, 0.1) is 5.82 Å². The summed E-state index contributed by atoms with van der Waals surface area (Å²) in [5.41, 5.74) is 2.09. The summed E-state index contributed by atoms with van der Waals surface area (Å²) in [6.45, 7) is 1.16. The zero-order valence-corrected chi connectivity index (χ0v) is 13.7. The van der Waals surface area contributed by atoms with E-state index in [1.165, 1.54) is 22.9 Å². The van der Waals surface area contributed by atoms with Gasteiger partial charge < -0.3 is 10.1 Å². The lowest BCUT2D eigenvalue weighted by molar-refractivity contribution is 0.303. The Labute approximate surface area is 141 Å². The molecule has 0 bridgehead atoms. The Hall–Kier alpha value is -2.10. The van der Waals surface area contributed by atoms with Crippen LogP contribution in [0.15, 0.2) is 60.7 Å². The van der Waals surface area contributed by atoms with E-state index in [-0.39, 0.29) is 18.2 Å². The molecule has 0 aromatic heterocycles. The molecule has 0 atom stereocenters. The summed E-state index contributed by atoms with van der Waals surface area (Å²) >= 11 is 0. The van der Waals surface area contributed by atoms with Crippen molar-refractivity contribution in [3.8, 4) is 5.75 Å². The van der Waals surface area contributed by atoms with E-state index in [0.717, 1.165) is 23.4 Å². The van der Waals surface area contributed by atoms with Gasteiger partial charge in [0, 0.05) is 12.1 Å². The van der Waals surface area contributed by atoms with Crippen molar-refractivity contribution in [3.63, 3.8) is 0 Å². The molecule has 3 aromatic carbocycles. The third kappa shape index (κ3) is 4.01. The van der Waals surface area contributed by atoms with E-state index in [9.17, 15) is 4.39 Å². The van der Waals surface area contributed by atoms with Crippen LogP contribution in [0.1, 0.15) is 11.1 Å². The van der Waals surface area contributed by atoms with Crippen LogP contribution < -0.4 is 10.1 Å². The molecule has 0 aliphatic heterocycles. The average Bonchev–Trinajstić information content (AvgIpc) is 2.56. The molecule has 0 spiro atoms. The second kappa shape index (κ2) is 7.95. The van der Waals surface area contributed by atoms with Gasteiger partial charge in [-0.05, 0) is 41.6 Å². The highest BCUT2D eigenvalue weighted by Gasteiger charge is 2.08. The maximum absolute atomic E-state index is 12.9. The van der Waals surface area contributed by atoms with Crippen LogP contribution >= 0.6 is 12.4 Å². The SMILES string of the molecule is CNCc1c(OCc2ccc(F)cc2)ccc2ccccc12.Cl. The summed E-state index contributed by atoms with van der Waals surface area (Å²) in [7, 11) is 1.92. The third-order valence-electron chi connectivity index (χ3n) is 3.66. The normalized spacial score (nSPS) is 10.3. The highest BCUT2D eigenvalue weighted by atomic mass is 35.5. The summed E-state index contributed by atoms with van der Waals surface area (Å²) in [6.07, 6.45) is 0. The van der Waals surface area contributed by atoms with E-state index < -0.39 is 0 Å². The van der Waals surface area contributed by atoms with Crippen LogP contribution in [0.5, 0.6) is 5.75 Å². The Bertz CT molecular complexity index is 774. The predicted octanol–water partition coefficient (Wildman–Crippen LogP) is 4.70. The molecule has 3 aromatic rings. The number of hydrogen-bond acceptors (Lipinski definition) is 2. The van der Waals surface area contributed by atoms with Crippen molar-refractivity contribution in [2.24, 2.45) is 0 Å². The first-order valence-corrected chi connectivity index (χ1v) is 7.30. The number of halogens is 2. The van der Waals surface area contributed by atoms with Crippen LogP contribution in [-0.2, 0) is 13.2 Å².